The lowest BCUT2D eigenvalue weighted by molar-refractivity contribution is -0.132. The van der Waals surface area contributed by atoms with Crippen LogP contribution in [-0.2, 0) is 22.4 Å². The molecule has 1 fully saturated rings. The molecule has 0 spiro atoms. The van der Waals surface area contributed by atoms with Crippen molar-refractivity contribution in [3.8, 4) is 11.4 Å². The molecule has 2 aliphatic rings. The molecule has 7 nitrogen and oxygen atoms in total. The fraction of sp³-hybridized carbons (Fsp3) is 0.520. The second-order valence-corrected chi connectivity index (χ2v) is 10.1. The van der Waals surface area contributed by atoms with Crippen LogP contribution in [0.25, 0.3) is 22.3 Å². The summed E-state index contributed by atoms with van der Waals surface area (Å²) in [6, 6.07) is 8.01. The first kappa shape index (κ1) is 21.2. The van der Waals surface area contributed by atoms with Crippen LogP contribution >= 0.6 is 0 Å². The van der Waals surface area contributed by atoms with Crippen LogP contribution in [0, 0.1) is 11.3 Å². The van der Waals surface area contributed by atoms with Gasteiger partial charge in [0.2, 0.25) is 0 Å². The monoisotopic (exact) mass is 436 g/mol. The normalized spacial score (nSPS) is 21.3. The second kappa shape index (κ2) is 8.05. The lowest BCUT2D eigenvalue weighted by Crippen LogP contribution is -2.43. The van der Waals surface area contributed by atoms with E-state index in [-0.39, 0.29) is 11.8 Å². The number of likely N-dealkylation sites (N-methyl/N-ethyl adjacent to an activating group) is 1. The van der Waals surface area contributed by atoms with Gasteiger partial charge in [-0.1, -0.05) is 19.9 Å². The molecule has 3 aromatic rings. The number of nitrogens with one attached hydrogen (secondary N) is 2. The molecule has 3 N–H and O–H groups in total. The number of hydrogen-bond acceptors (Lipinski definition) is 4. The third-order valence-corrected chi connectivity index (χ3v) is 7.13. The fourth-order valence-electron chi connectivity index (χ4n) is 5.06. The van der Waals surface area contributed by atoms with Crippen LogP contribution in [0.1, 0.15) is 44.4 Å². The molecule has 1 aliphatic heterocycles. The number of carbonyl (C=O) groups excluding carboxylic acids is 1. The van der Waals surface area contributed by atoms with Crippen LogP contribution < -0.4 is 4.90 Å². The minimum Gasteiger partial charge on any atom is -0.383 e. The van der Waals surface area contributed by atoms with E-state index in [1.165, 1.54) is 16.2 Å². The summed E-state index contributed by atoms with van der Waals surface area (Å²) in [4.78, 5) is 17.9. The SMILES string of the molecule is CN(C(=O)C(O)C1CCCOC1)c1ccc2cc(-c3n[nH]c4c3CCC(C)(C)C4)[nH]c2c1. The summed E-state index contributed by atoms with van der Waals surface area (Å²) in [7, 11) is 1.71. The predicted octanol–water partition coefficient (Wildman–Crippen LogP) is 3.82. The Morgan fingerprint density at radius 2 is 2.19 bits per heavy atom. The molecule has 0 bridgehead atoms. The standard InChI is InChI=1S/C25H32N4O3/c1-25(2)9-8-18-21(13-25)27-28-22(18)20-11-15-6-7-17(12-19(15)26-20)29(3)24(31)23(30)16-5-4-10-32-14-16/h6-7,11-12,16,23,26,30H,4-5,8-10,13-14H2,1-3H3,(H,27,28). The van der Waals surface area contributed by atoms with Gasteiger partial charge in [0.1, 0.15) is 11.8 Å². The van der Waals surface area contributed by atoms with Crippen molar-refractivity contribution in [2.24, 2.45) is 11.3 Å². The Morgan fingerprint density at radius 1 is 1.34 bits per heavy atom. The summed E-state index contributed by atoms with van der Waals surface area (Å²) in [5, 5.41) is 19.5. The summed E-state index contributed by atoms with van der Waals surface area (Å²) in [5.41, 5.74) is 6.52. The van der Waals surface area contributed by atoms with Crippen molar-refractivity contribution in [2.75, 3.05) is 25.2 Å². The number of aliphatic hydroxyl groups excluding tert-OH is 1. The highest BCUT2D eigenvalue weighted by Gasteiger charge is 2.31. The van der Waals surface area contributed by atoms with Crippen molar-refractivity contribution in [2.45, 2.75) is 52.1 Å². The van der Waals surface area contributed by atoms with Crippen LogP contribution in [0.2, 0.25) is 0 Å². The molecular weight excluding hydrogens is 404 g/mol. The van der Waals surface area contributed by atoms with E-state index in [0.717, 1.165) is 60.1 Å². The van der Waals surface area contributed by atoms with Crippen LogP contribution in [0.4, 0.5) is 5.69 Å². The Hall–Kier alpha value is -2.64. The Bertz CT molecular complexity index is 1140. The van der Waals surface area contributed by atoms with Crippen LogP contribution in [0.3, 0.4) is 0 Å². The lowest BCUT2D eigenvalue weighted by atomic mass is 9.76. The van der Waals surface area contributed by atoms with Gasteiger partial charge in [-0.25, -0.2) is 0 Å². The molecule has 32 heavy (non-hydrogen) atoms. The number of rotatable bonds is 4. The zero-order chi connectivity index (χ0) is 22.5. The number of amides is 1. The van der Waals surface area contributed by atoms with Gasteiger partial charge in [0.25, 0.3) is 5.91 Å². The number of aromatic nitrogens is 3. The number of carbonyl (C=O) groups is 1. The summed E-state index contributed by atoms with van der Waals surface area (Å²) in [5.74, 6) is -0.439. The van der Waals surface area contributed by atoms with E-state index in [2.05, 4.69) is 35.1 Å². The molecule has 0 radical (unpaired) electrons. The average Bonchev–Trinajstić information content (AvgIpc) is 3.40. The maximum Gasteiger partial charge on any atom is 0.255 e. The maximum atomic E-state index is 12.9. The molecule has 3 heterocycles. The van der Waals surface area contributed by atoms with Gasteiger partial charge in [0.05, 0.1) is 12.3 Å². The molecule has 7 heteroatoms. The molecule has 1 aliphatic carbocycles. The Kier molecular flexibility index (Phi) is 5.34. The smallest absolute Gasteiger partial charge is 0.255 e. The van der Waals surface area contributed by atoms with Gasteiger partial charge in [-0.15, -0.1) is 0 Å². The zero-order valence-corrected chi connectivity index (χ0v) is 19.1. The van der Waals surface area contributed by atoms with Crippen molar-refractivity contribution in [1.82, 2.24) is 15.2 Å². The highest BCUT2D eigenvalue weighted by Crippen LogP contribution is 2.38. The molecule has 2 atom stereocenters. The third kappa shape index (κ3) is 3.84. The lowest BCUT2D eigenvalue weighted by Gasteiger charge is -2.29. The number of H-pyrrole nitrogens is 2. The first-order valence-corrected chi connectivity index (χ1v) is 11.5. The van der Waals surface area contributed by atoms with Crippen molar-refractivity contribution in [3.63, 3.8) is 0 Å². The maximum absolute atomic E-state index is 12.9. The number of anilines is 1. The van der Waals surface area contributed by atoms with E-state index in [9.17, 15) is 9.90 Å². The zero-order valence-electron chi connectivity index (χ0n) is 19.1. The van der Waals surface area contributed by atoms with Crippen LogP contribution in [0.15, 0.2) is 24.3 Å². The van der Waals surface area contributed by atoms with Crippen molar-refractivity contribution < 1.29 is 14.6 Å². The van der Waals surface area contributed by atoms with E-state index < -0.39 is 6.10 Å². The number of aromatic amines is 2. The van der Waals surface area contributed by atoms with Gasteiger partial charge in [0, 0.05) is 47.4 Å². The Morgan fingerprint density at radius 3 is 2.97 bits per heavy atom. The van der Waals surface area contributed by atoms with Gasteiger partial charge in [-0.3, -0.25) is 9.89 Å². The van der Waals surface area contributed by atoms with Crippen molar-refractivity contribution in [1.29, 1.82) is 0 Å². The molecule has 170 valence electrons. The number of fused-ring (bicyclic) bond motifs is 2. The summed E-state index contributed by atoms with van der Waals surface area (Å²) in [6.07, 6.45) is 3.83. The first-order chi connectivity index (χ1) is 15.3. The number of hydrogen-bond donors (Lipinski definition) is 3. The molecule has 0 saturated carbocycles. The fourth-order valence-corrected chi connectivity index (χ4v) is 5.06. The molecule has 5 rings (SSSR count). The van der Waals surface area contributed by atoms with E-state index in [4.69, 9.17) is 4.74 Å². The summed E-state index contributed by atoms with van der Waals surface area (Å²) < 4.78 is 5.44. The van der Waals surface area contributed by atoms with Gasteiger partial charge < -0.3 is 19.7 Å². The Balaban J connectivity index is 1.39. The largest absolute Gasteiger partial charge is 0.383 e. The molecule has 2 unspecified atom stereocenters. The third-order valence-electron chi connectivity index (χ3n) is 7.13. The number of aliphatic hydroxyl groups is 1. The predicted molar refractivity (Wildman–Crippen MR) is 125 cm³/mol. The van der Waals surface area contributed by atoms with Crippen molar-refractivity contribution in [3.05, 3.63) is 35.5 Å². The topological polar surface area (TPSA) is 94.2 Å². The average molecular weight is 437 g/mol. The minimum atomic E-state index is -1.05. The van der Waals surface area contributed by atoms with Crippen molar-refractivity contribution >= 4 is 22.5 Å². The molecule has 2 aromatic heterocycles. The minimum absolute atomic E-state index is 0.143. The first-order valence-electron chi connectivity index (χ1n) is 11.5. The van der Waals surface area contributed by atoms with E-state index in [1.54, 1.807) is 7.05 Å². The highest BCUT2D eigenvalue weighted by atomic mass is 16.5. The van der Waals surface area contributed by atoms with Crippen LogP contribution in [0.5, 0.6) is 0 Å². The number of benzene rings is 1. The van der Waals surface area contributed by atoms with Crippen LogP contribution in [-0.4, -0.2) is 52.6 Å². The Labute approximate surface area is 188 Å². The molecule has 1 aromatic carbocycles. The summed E-state index contributed by atoms with van der Waals surface area (Å²) >= 11 is 0. The van der Waals surface area contributed by atoms with Gasteiger partial charge in [0.15, 0.2) is 0 Å². The summed E-state index contributed by atoms with van der Waals surface area (Å²) in [6.45, 7) is 5.74. The van der Waals surface area contributed by atoms with E-state index in [1.807, 2.05) is 18.2 Å². The van der Waals surface area contributed by atoms with Gasteiger partial charge in [-0.2, -0.15) is 5.10 Å². The highest BCUT2D eigenvalue weighted by molar-refractivity contribution is 5.98. The van der Waals surface area contributed by atoms with Gasteiger partial charge in [-0.05, 0) is 55.7 Å². The number of nitrogens with zero attached hydrogens (tertiary/aromatic N) is 2. The molecular formula is C25H32N4O3. The molecule has 1 amide bonds. The second-order valence-electron chi connectivity index (χ2n) is 10.1. The number of ether oxygens (including phenoxy) is 1. The quantitative estimate of drug-likeness (QED) is 0.579. The van der Waals surface area contributed by atoms with E-state index in [0.29, 0.717) is 18.6 Å². The van der Waals surface area contributed by atoms with Gasteiger partial charge >= 0.3 is 0 Å². The molecule has 1 saturated heterocycles. The van der Waals surface area contributed by atoms with E-state index >= 15 is 0 Å².